The summed E-state index contributed by atoms with van der Waals surface area (Å²) in [5.74, 6) is 0.900. The Morgan fingerprint density at radius 2 is 1.82 bits per heavy atom. The number of carbonyl (C=O) groups excluding carboxylic acids is 1. The Labute approximate surface area is 188 Å². The van der Waals surface area contributed by atoms with Crippen molar-refractivity contribution in [2.24, 2.45) is 0 Å². The van der Waals surface area contributed by atoms with E-state index in [1.807, 2.05) is 12.1 Å². The number of benzene rings is 2. The third-order valence-corrected chi connectivity index (χ3v) is 5.21. The van der Waals surface area contributed by atoms with Crippen molar-refractivity contribution < 1.29 is 14.3 Å². The smallest absolute Gasteiger partial charge is 0.318 e. The molecule has 0 saturated carbocycles. The van der Waals surface area contributed by atoms with E-state index in [0.29, 0.717) is 28.2 Å². The molecule has 2 aromatic carbocycles. The van der Waals surface area contributed by atoms with Crippen molar-refractivity contribution >= 4 is 17.1 Å². The molecule has 0 bridgehead atoms. The Kier molecular flexibility index (Phi) is 6.21. The number of H-pyrrole nitrogens is 1. The fraction of sp³-hybridized carbons (Fsp3) is 0.167. The van der Waals surface area contributed by atoms with Gasteiger partial charge in [0.05, 0.1) is 26.3 Å². The molecular formula is C24H22N4O5. The normalized spacial score (nSPS) is 10.7. The molecule has 168 valence electrons. The maximum atomic E-state index is 12.6. The molecule has 0 spiro atoms. The SMILES string of the molecule is COc1cccc(CNC(=O)c2ccc(Cn3c(=O)c(=O)[nH]c4cccnc43)cc2)c1OC. The van der Waals surface area contributed by atoms with E-state index in [9.17, 15) is 14.4 Å². The van der Waals surface area contributed by atoms with Crippen molar-refractivity contribution in [1.82, 2.24) is 19.9 Å². The van der Waals surface area contributed by atoms with Gasteiger partial charge in [-0.25, -0.2) is 4.98 Å². The first-order valence-corrected chi connectivity index (χ1v) is 10.2. The van der Waals surface area contributed by atoms with Gasteiger partial charge in [-0.15, -0.1) is 0 Å². The van der Waals surface area contributed by atoms with Crippen LogP contribution >= 0.6 is 0 Å². The summed E-state index contributed by atoms with van der Waals surface area (Å²) in [5.41, 5.74) is 1.47. The van der Waals surface area contributed by atoms with Gasteiger partial charge in [-0.3, -0.25) is 19.0 Å². The standard InChI is InChI=1S/C24H22N4O5/c1-32-19-7-3-5-17(20(19)33-2)13-26-22(29)16-10-8-15(9-11-16)14-28-21-18(6-4-12-25-21)27-23(30)24(28)31/h3-12H,13-14H2,1-2H3,(H,26,29)(H,27,30). The summed E-state index contributed by atoms with van der Waals surface area (Å²) in [7, 11) is 3.10. The number of fused-ring (bicyclic) bond motifs is 1. The van der Waals surface area contributed by atoms with Crippen LogP contribution in [-0.4, -0.2) is 34.7 Å². The number of aromatic nitrogens is 3. The van der Waals surface area contributed by atoms with Crippen LogP contribution in [0.3, 0.4) is 0 Å². The second kappa shape index (κ2) is 9.39. The largest absolute Gasteiger partial charge is 0.493 e. The van der Waals surface area contributed by atoms with Gasteiger partial charge in [0.2, 0.25) is 0 Å². The van der Waals surface area contributed by atoms with E-state index in [4.69, 9.17) is 9.47 Å². The van der Waals surface area contributed by atoms with E-state index in [0.717, 1.165) is 11.1 Å². The van der Waals surface area contributed by atoms with Gasteiger partial charge in [-0.05, 0) is 35.9 Å². The Morgan fingerprint density at radius 1 is 1.03 bits per heavy atom. The molecule has 2 N–H and O–H groups in total. The molecule has 0 atom stereocenters. The van der Waals surface area contributed by atoms with Crippen molar-refractivity contribution in [2.45, 2.75) is 13.1 Å². The van der Waals surface area contributed by atoms with Gasteiger partial charge in [0.1, 0.15) is 0 Å². The van der Waals surface area contributed by atoms with Gasteiger partial charge in [0, 0.05) is 23.9 Å². The highest BCUT2D eigenvalue weighted by atomic mass is 16.5. The molecular weight excluding hydrogens is 424 g/mol. The first kappa shape index (κ1) is 21.8. The van der Waals surface area contributed by atoms with E-state index in [1.54, 1.807) is 62.9 Å². The van der Waals surface area contributed by atoms with Crippen molar-refractivity contribution in [2.75, 3.05) is 14.2 Å². The molecule has 4 aromatic rings. The summed E-state index contributed by atoms with van der Waals surface area (Å²) >= 11 is 0. The van der Waals surface area contributed by atoms with Crippen LogP contribution in [-0.2, 0) is 13.1 Å². The number of nitrogens with zero attached hydrogens (tertiary/aromatic N) is 2. The van der Waals surface area contributed by atoms with Crippen LogP contribution < -0.4 is 25.9 Å². The predicted octanol–water partition coefficient (Wildman–Crippen LogP) is 2.08. The molecule has 0 aliphatic heterocycles. The summed E-state index contributed by atoms with van der Waals surface area (Å²) in [6, 6.07) is 15.6. The molecule has 2 heterocycles. The van der Waals surface area contributed by atoms with Crippen molar-refractivity contribution in [3.63, 3.8) is 0 Å². The van der Waals surface area contributed by atoms with Crippen molar-refractivity contribution in [3.8, 4) is 11.5 Å². The number of aromatic amines is 1. The van der Waals surface area contributed by atoms with Gasteiger partial charge >= 0.3 is 11.1 Å². The Hall–Kier alpha value is -4.40. The number of carbonyl (C=O) groups is 1. The van der Waals surface area contributed by atoms with Gasteiger partial charge in [-0.1, -0.05) is 24.3 Å². The molecule has 33 heavy (non-hydrogen) atoms. The van der Waals surface area contributed by atoms with E-state index in [1.165, 1.54) is 4.57 Å². The van der Waals surface area contributed by atoms with Crippen LogP contribution in [0.4, 0.5) is 0 Å². The number of nitrogens with one attached hydrogen (secondary N) is 2. The molecule has 2 aromatic heterocycles. The van der Waals surface area contributed by atoms with Crippen LogP contribution in [0, 0.1) is 0 Å². The highest BCUT2D eigenvalue weighted by Gasteiger charge is 2.13. The highest BCUT2D eigenvalue weighted by Crippen LogP contribution is 2.30. The molecule has 0 radical (unpaired) electrons. The minimum atomic E-state index is -0.709. The molecule has 0 fully saturated rings. The third-order valence-electron chi connectivity index (χ3n) is 5.21. The average molecular weight is 446 g/mol. The molecule has 1 amide bonds. The summed E-state index contributed by atoms with van der Waals surface area (Å²) in [6.45, 7) is 0.417. The zero-order valence-electron chi connectivity index (χ0n) is 18.1. The van der Waals surface area contributed by atoms with Crippen LogP contribution in [0.2, 0.25) is 0 Å². The lowest BCUT2D eigenvalue weighted by atomic mass is 10.1. The number of amides is 1. The maximum Gasteiger partial charge on any atom is 0.318 e. The zero-order valence-corrected chi connectivity index (χ0v) is 18.1. The first-order valence-electron chi connectivity index (χ1n) is 10.2. The fourth-order valence-electron chi connectivity index (χ4n) is 3.57. The van der Waals surface area contributed by atoms with Crippen molar-refractivity contribution in [3.05, 3.63) is 98.2 Å². The van der Waals surface area contributed by atoms with Crippen LogP contribution in [0.1, 0.15) is 21.5 Å². The molecule has 0 unspecified atom stereocenters. The second-order valence-electron chi connectivity index (χ2n) is 7.25. The van der Waals surface area contributed by atoms with Crippen molar-refractivity contribution in [1.29, 1.82) is 0 Å². The topological polar surface area (TPSA) is 115 Å². The molecule has 9 nitrogen and oxygen atoms in total. The lowest BCUT2D eigenvalue weighted by molar-refractivity contribution is 0.0950. The van der Waals surface area contributed by atoms with Crippen LogP contribution in [0.25, 0.3) is 11.2 Å². The minimum absolute atomic E-state index is 0.152. The Morgan fingerprint density at radius 3 is 2.55 bits per heavy atom. The Balaban J connectivity index is 1.50. The van der Waals surface area contributed by atoms with E-state index in [-0.39, 0.29) is 19.0 Å². The molecule has 0 aliphatic rings. The summed E-state index contributed by atoms with van der Waals surface area (Å²) in [5, 5.41) is 2.87. The van der Waals surface area contributed by atoms with E-state index >= 15 is 0 Å². The number of hydrogen-bond donors (Lipinski definition) is 2. The van der Waals surface area contributed by atoms with Gasteiger partial charge < -0.3 is 19.8 Å². The lowest BCUT2D eigenvalue weighted by Crippen LogP contribution is -2.36. The van der Waals surface area contributed by atoms with Gasteiger partial charge in [0.25, 0.3) is 5.91 Å². The number of pyridine rings is 1. The number of methoxy groups -OCH3 is 2. The number of ether oxygens (including phenoxy) is 2. The average Bonchev–Trinajstić information content (AvgIpc) is 2.85. The lowest BCUT2D eigenvalue weighted by Gasteiger charge is -2.13. The highest BCUT2D eigenvalue weighted by molar-refractivity contribution is 5.94. The van der Waals surface area contributed by atoms with Crippen LogP contribution in [0.5, 0.6) is 11.5 Å². The fourth-order valence-corrected chi connectivity index (χ4v) is 3.57. The molecule has 4 rings (SSSR count). The predicted molar refractivity (Wildman–Crippen MR) is 123 cm³/mol. The summed E-state index contributed by atoms with van der Waals surface area (Å²) in [4.78, 5) is 43.7. The second-order valence-corrected chi connectivity index (χ2v) is 7.25. The molecule has 0 saturated heterocycles. The summed E-state index contributed by atoms with van der Waals surface area (Å²) in [6.07, 6.45) is 1.56. The number of hydrogen-bond acceptors (Lipinski definition) is 6. The zero-order chi connectivity index (χ0) is 23.4. The third kappa shape index (κ3) is 4.47. The van der Waals surface area contributed by atoms with E-state index in [2.05, 4.69) is 15.3 Å². The number of rotatable bonds is 7. The Bertz CT molecular complexity index is 1420. The van der Waals surface area contributed by atoms with E-state index < -0.39 is 11.1 Å². The maximum absolute atomic E-state index is 12.6. The monoisotopic (exact) mass is 446 g/mol. The minimum Gasteiger partial charge on any atom is -0.493 e. The molecule has 0 aliphatic carbocycles. The number of para-hydroxylation sites is 1. The first-order chi connectivity index (χ1) is 16.0. The summed E-state index contributed by atoms with van der Waals surface area (Å²) < 4.78 is 12.0. The van der Waals surface area contributed by atoms with Crippen LogP contribution in [0.15, 0.2) is 70.4 Å². The van der Waals surface area contributed by atoms with Gasteiger partial charge in [-0.2, -0.15) is 0 Å². The molecule has 9 heteroatoms. The van der Waals surface area contributed by atoms with Gasteiger partial charge in [0.15, 0.2) is 17.1 Å². The quantitative estimate of drug-likeness (QED) is 0.420.